The predicted octanol–water partition coefficient (Wildman–Crippen LogP) is 9.28. The van der Waals surface area contributed by atoms with Crippen LogP contribution in [0.2, 0.25) is 10.0 Å². The van der Waals surface area contributed by atoms with Crippen molar-refractivity contribution in [1.82, 2.24) is 9.78 Å². The Morgan fingerprint density at radius 2 is 1.51 bits per heavy atom. The third-order valence-corrected chi connectivity index (χ3v) is 6.97. The Bertz CT molecular complexity index is 1670. The number of hydrogen-bond donors (Lipinski definition) is 0. The Labute approximate surface area is 229 Å². The van der Waals surface area contributed by atoms with Crippen molar-refractivity contribution in [2.45, 2.75) is 25.6 Å². The summed E-state index contributed by atoms with van der Waals surface area (Å²) in [4.78, 5) is 0. The minimum absolute atomic E-state index is 0.158. The lowest BCUT2D eigenvalue weighted by Crippen LogP contribution is -2.09. The second-order valence-electron chi connectivity index (χ2n) is 8.99. The maximum Gasteiger partial charge on any atom is 0.418 e. The zero-order valence-corrected chi connectivity index (χ0v) is 21.5. The van der Waals surface area contributed by atoms with Crippen LogP contribution in [0.1, 0.15) is 22.3 Å². The summed E-state index contributed by atoms with van der Waals surface area (Å²) in [6.45, 7) is -0.552. The Morgan fingerprint density at radius 3 is 2.21 bits per heavy atom. The van der Waals surface area contributed by atoms with Crippen LogP contribution in [0.4, 0.5) is 26.3 Å². The molecule has 0 saturated carbocycles. The number of aryl methyl sites for hydroxylation is 2. The summed E-state index contributed by atoms with van der Waals surface area (Å²) in [7, 11) is 0. The van der Waals surface area contributed by atoms with E-state index in [1.807, 2.05) is 12.1 Å². The molecule has 0 aliphatic rings. The third kappa shape index (κ3) is 5.63. The van der Waals surface area contributed by atoms with Gasteiger partial charge in [0.1, 0.15) is 23.0 Å². The molecule has 0 amide bonds. The minimum atomic E-state index is -4.71. The van der Waals surface area contributed by atoms with Crippen molar-refractivity contribution in [3.05, 3.63) is 123 Å². The first-order valence-electron chi connectivity index (χ1n) is 11.7. The molecule has 200 valence electrons. The van der Waals surface area contributed by atoms with Gasteiger partial charge in [0.2, 0.25) is 0 Å². The van der Waals surface area contributed by atoms with Crippen LogP contribution in [0.5, 0.6) is 0 Å². The van der Waals surface area contributed by atoms with Gasteiger partial charge in [-0.2, -0.15) is 18.3 Å². The summed E-state index contributed by atoms with van der Waals surface area (Å²) in [5.74, 6) is -3.43. The standard InChI is InChI=1S/C29H18Cl2F6N2/c30-19-10-9-17(24(31)12-19)8-7-16-3-1-4-18(11-16)28-21-5-2-6-23(29(35,36)37)27(21)38-39(28)15-22-25(33)13-20(32)14-26(22)34/h1-6,9-14H,7-8,15H2. The van der Waals surface area contributed by atoms with Crippen LogP contribution in [0.3, 0.4) is 0 Å². The van der Waals surface area contributed by atoms with E-state index in [2.05, 4.69) is 5.10 Å². The van der Waals surface area contributed by atoms with Gasteiger partial charge in [0.25, 0.3) is 0 Å². The molecule has 10 heteroatoms. The van der Waals surface area contributed by atoms with Crippen molar-refractivity contribution >= 4 is 34.1 Å². The van der Waals surface area contributed by atoms with Crippen molar-refractivity contribution in [2.75, 3.05) is 0 Å². The second kappa shape index (κ2) is 10.6. The Kier molecular flexibility index (Phi) is 7.35. The van der Waals surface area contributed by atoms with E-state index in [-0.39, 0.29) is 16.6 Å². The largest absolute Gasteiger partial charge is 0.418 e. The van der Waals surface area contributed by atoms with Gasteiger partial charge in [-0.15, -0.1) is 0 Å². The van der Waals surface area contributed by atoms with Crippen LogP contribution >= 0.6 is 23.2 Å². The average Bonchev–Trinajstić information content (AvgIpc) is 3.23. The van der Waals surface area contributed by atoms with E-state index in [1.165, 1.54) is 12.1 Å². The van der Waals surface area contributed by atoms with Gasteiger partial charge in [-0.05, 0) is 48.2 Å². The number of alkyl halides is 3. The fraction of sp³-hybridized carbons (Fsp3) is 0.138. The van der Waals surface area contributed by atoms with Gasteiger partial charge >= 0.3 is 6.18 Å². The van der Waals surface area contributed by atoms with Crippen LogP contribution in [0.15, 0.2) is 72.8 Å². The summed E-state index contributed by atoms with van der Waals surface area (Å²) in [5.41, 5.74) is 0.608. The van der Waals surface area contributed by atoms with Gasteiger partial charge in [-0.25, -0.2) is 13.2 Å². The fourth-order valence-electron chi connectivity index (χ4n) is 4.55. The lowest BCUT2D eigenvalue weighted by Gasteiger charge is -2.12. The molecule has 0 aliphatic heterocycles. The Balaban J connectivity index is 1.61. The zero-order valence-electron chi connectivity index (χ0n) is 20.0. The SMILES string of the molecule is Fc1cc(F)c(Cn2nc3c(C(F)(F)F)cccc3c2-c2cccc(CCc3ccc(Cl)cc3Cl)c2)c(F)c1. The quantitative estimate of drug-likeness (QED) is 0.183. The number of halogens is 8. The van der Waals surface area contributed by atoms with Gasteiger partial charge in [-0.3, -0.25) is 4.68 Å². The molecule has 4 aromatic carbocycles. The van der Waals surface area contributed by atoms with E-state index >= 15 is 0 Å². The van der Waals surface area contributed by atoms with E-state index in [1.54, 1.807) is 30.3 Å². The smallest absolute Gasteiger partial charge is 0.259 e. The number of fused-ring (bicyclic) bond motifs is 1. The highest BCUT2D eigenvalue weighted by molar-refractivity contribution is 6.35. The van der Waals surface area contributed by atoms with Crippen molar-refractivity contribution in [2.24, 2.45) is 0 Å². The molecule has 39 heavy (non-hydrogen) atoms. The summed E-state index contributed by atoms with van der Waals surface area (Å²) in [5, 5.41) is 5.33. The Morgan fingerprint density at radius 1 is 0.795 bits per heavy atom. The molecule has 0 radical (unpaired) electrons. The second-order valence-corrected chi connectivity index (χ2v) is 9.83. The van der Waals surface area contributed by atoms with Crippen LogP contribution in [0.25, 0.3) is 22.2 Å². The first-order chi connectivity index (χ1) is 18.5. The summed E-state index contributed by atoms with van der Waals surface area (Å²) < 4.78 is 85.1. The molecule has 0 aliphatic carbocycles. The van der Waals surface area contributed by atoms with E-state index in [0.29, 0.717) is 40.6 Å². The van der Waals surface area contributed by atoms with Crippen LogP contribution in [-0.4, -0.2) is 9.78 Å². The third-order valence-electron chi connectivity index (χ3n) is 6.39. The van der Waals surface area contributed by atoms with Crippen molar-refractivity contribution in [3.63, 3.8) is 0 Å². The highest BCUT2D eigenvalue weighted by Gasteiger charge is 2.34. The highest BCUT2D eigenvalue weighted by Crippen LogP contribution is 2.38. The Hall–Kier alpha value is -3.49. The molecular formula is C29H18Cl2F6N2. The topological polar surface area (TPSA) is 17.8 Å². The van der Waals surface area contributed by atoms with Crippen LogP contribution < -0.4 is 0 Å². The van der Waals surface area contributed by atoms with E-state index in [0.717, 1.165) is 21.9 Å². The molecule has 5 rings (SSSR count). The van der Waals surface area contributed by atoms with E-state index < -0.39 is 41.3 Å². The highest BCUT2D eigenvalue weighted by atomic mass is 35.5. The molecule has 0 fully saturated rings. The summed E-state index contributed by atoms with van der Waals surface area (Å²) >= 11 is 12.3. The lowest BCUT2D eigenvalue weighted by molar-refractivity contribution is -0.136. The van der Waals surface area contributed by atoms with Gasteiger partial charge in [0, 0.05) is 38.7 Å². The van der Waals surface area contributed by atoms with E-state index in [4.69, 9.17) is 23.2 Å². The molecule has 0 unspecified atom stereocenters. The molecule has 1 heterocycles. The van der Waals surface area contributed by atoms with Crippen molar-refractivity contribution < 1.29 is 26.3 Å². The summed E-state index contributed by atoms with van der Waals surface area (Å²) in [6, 6.07) is 16.9. The first-order valence-corrected chi connectivity index (χ1v) is 12.5. The lowest BCUT2D eigenvalue weighted by atomic mass is 9.99. The maximum atomic E-state index is 14.5. The minimum Gasteiger partial charge on any atom is -0.259 e. The van der Waals surface area contributed by atoms with Crippen LogP contribution in [-0.2, 0) is 25.6 Å². The summed E-state index contributed by atoms with van der Waals surface area (Å²) in [6.07, 6.45) is -3.58. The van der Waals surface area contributed by atoms with Gasteiger partial charge in [0.05, 0.1) is 17.8 Å². The molecule has 0 N–H and O–H groups in total. The zero-order chi connectivity index (χ0) is 27.9. The van der Waals surface area contributed by atoms with E-state index in [9.17, 15) is 26.3 Å². The molecule has 5 aromatic rings. The molecule has 0 spiro atoms. The number of hydrogen-bond acceptors (Lipinski definition) is 1. The maximum absolute atomic E-state index is 14.5. The predicted molar refractivity (Wildman–Crippen MR) is 139 cm³/mol. The normalized spacial score (nSPS) is 11.9. The van der Waals surface area contributed by atoms with Gasteiger partial charge < -0.3 is 0 Å². The van der Waals surface area contributed by atoms with Crippen molar-refractivity contribution in [3.8, 4) is 11.3 Å². The molecule has 2 nitrogen and oxygen atoms in total. The fourth-order valence-corrected chi connectivity index (χ4v) is 5.05. The molecular weight excluding hydrogens is 561 g/mol. The monoisotopic (exact) mass is 578 g/mol. The van der Waals surface area contributed by atoms with Gasteiger partial charge in [0.15, 0.2) is 0 Å². The van der Waals surface area contributed by atoms with Crippen molar-refractivity contribution in [1.29, 1.82) is 0 Å². The van der Waals surface area contributed by atoms with Gasteiger partial charge in [-0.1, -0.05) is 59.6 Å². The molecule has 0 saturated heterocycles. The molecule has 0 atom stereocenters. The first kappa shape index (κ1) is 27.1. The van der Waals surface area contributed by atoms with Crippen LogP contribution in [0, 0.1) is 17.5 Å². The number of nitrogens with zero attached hydrogens (tertiary/aromatic N) is 2. The number of rotatable bonds is 6. The number of aromatic nitrogens is 2. The molecule has 1 aromatic heterocycles. The molecule has 0 bridgehead atoms. The average molecular weight is 579 g/mol. The number of benzene rings is 4.